The largest absolute Gasteiger partial charge is 0.399 e. The van der Waals surface area contributed by atoms with Gasteiger partial charge < -0.3 is 20.7 Å². The second kappa shape index (κ2) is 5.17. The summed E-state index contributed by atoms with van der Waals surface area (Å²) in [4.78, 5) is 17.3. The van der Waals surface area contributed by atoms with E-state index < -0.39 is 5.60 Å². The highest BCUT2D eigenvalue weighted by Gasteiger charge is 2.23. The van der Waals surface area contributed by atoms with E-state index in [0.29, 0.717) is 24.3 Å². The number of aliphatic hydroxyl groups is 1. The van der Waals surface area contributed by atoms with Crippen LogP contribution in [0, 0.1) is 0 Å². The molecule has 5 nitrogen and oxygen atoms in total. The molecular formula is C15H21N3O2. The average Bonchev–Trinajstić information content (AvgIpc) is 2.76. The SMILES string of the molecule is CCN(CC(C)(C)O)C(=O)c1c[nH]c2cc(N)ccc12. The number of H-pyrrole nitrogens is 1. The number of hydrogen-bond acceptors (Lipinski definition) is 3. The number of nitrogens with two attached hydrogens (primary N) is 1. The van der Waals surface area contributed by atoms with Gasteiger partial charge in [0.25, 0.3) is 5.91 Å². The molecule has 1 heterocycles. The lowest BCUT2D eigenvalue weighted by molar-refractivity contribution is 0.0316. The van der Waals surface area contributed by atoms with Crippen LogP contribution in [0.1, 0.15) is 31.1 Å². The molecule has 0 aliphatic heterocycles. The van der Waals surface area contributed by atoms with Crippen molar-refractivity contribution in [3.63, 3.8) is 0 Å². The fraction of sp³-hybridized carbons (Fsp3) is 0.400. The van der Waals surface area contributed by atoms with Crippen LogP contribution in [0.25, 0.3) is 10.9 Å². The maximum absolute atomic E-state index is 12.6. The summed E-state index contributed by atoms with van der Waals surface area (Å²) in [6.07, 6.45) is 1.69. The highest BCUT2D eigenvalue weighted by Crippen LogP contribution is 2.22. The number of nitrogen functional groups attached to an aromatic ring is 1. The van der Waals surface area contributed by atoms with Gasteiger partial charge in [0.1, 0.15) is 0 Å². The molecular weight excluding hydrogens is 254 g/mol. The summed E-state index contributed by atoms with van der Waals surface area (Å²) >= 11 is 0. The summed E-state index contributed by atoms with van der Waals surface area (Å²) in [5.41, 5.74) is 6.91. The van der Waals surface area contributed by atoms with Crippen molar-refractivity contribution in [2.45, 2.75) is 26.4 Å². The maximum atomic E-state index is 12.6. The first-order chi connectivity index (χ1) is 9.31. The van der Waals surface area contributed by atoms with Crippen molar-refractivity contribution in [2.75, 3.05) is 18.8 Å². The third-order valence-corrected chi connectivity index (χ3v) is 3.18. The molecule has 2 aromatic rings. The fourth-order valence-electron chi connectivity index (χ4n) is 2.29. The molecule has 0 spiro atoms. The molecule has 4 N–H and O–H groups in total. The van der Waals surface area contributed by atoms with Crippen LogP contribution in [-0.2, 0) is 0 Å². The number of carbonyl (C=O) groups excluding carboxylic acids is 1. The van der Waals surface area contributed by atoms with Crippen molar-refractivity contribution in [1.29, 1.82) is 0 Å². The van der Waals surface area contributed by atoms with E-state index in [0.717, 1.165) is 10.9 Å². The Bertz CT molecular complexity index is 626. The Kier molecular flexibility index (Phi) is 3.72. The van der Waals surface area contributed by atoms with Gasteiger partial charge >= 0.3 is 0 Å². The number of amides is 1. The van der Waals surface area contributed by atoms with Gasteiger partial charge in [-0.3, -0.25) is 4.79 Å². The number of likely N-dealkylation sites (N-methyl/N-ethyl adjacent to an activating group) is 1. The monoisotopic (exact) mass is 275 g/mol. The minimum Gasteiger partial charge on any atom is -0.399 e. The topological polar surface area (TPSA) is 82.3 Å². The molecule has 1 aromatic carbocycles. The van der Waals surface area contributed by atoms with Crippen LogP contribution in [0.2, 0.25) is 0 Å². The van der Waals surface area contributed by atoms with Crippen molar-refractivity contribution in [3.8, 4) is 0 Å². The van der Waals surface area contributed by atoms with E-state index in [1.807, 2.05) is 13.0 Å². The summed E-state index contributed by atoms with van der Waals surface area (Å²) in [6, 6.07) is 5.42. The van der Waals surface area contributed by atoms with E-state index in [9.17, 15) is 9.90 Å². The maximum Gasteiger partial charge on any atom is 0.256 e. The van der Waals surface area contributed by atoms with Crippen LogP contribution in [0.4, 0.5) is 5.69 Å². The molecule has 108 valence electrons. The molecule has 20 heavy (non-hydrogen) atoms. The lowest BCUT2D eigenvalue weighted by Gasteiger charge is -2.28. The Balaban J connectivity index is 2.35. The van der Waals surface area contributed by atoms with Gasteiger partial charge in [-0.05, 0) is 39.0 Å². The third-order valence-electron chi connectivity index (χ3n) is 3.18. The number of carbonyl (C=O) groups is 1. The number of anilines is 1. The molecule has 5 heteroatoms. The summed E-state index contributed by atoms with van der Waals surface area (Å²) in [6.45, 7) is 6.13. The van der Waals surface area contributed by atoms with Crippen LogP contribution in [0.5, 0.6) is 0 Å². The van der Waals surface area contributed by atoms with Crippen LogP contribution < -0.4 is 5.73 Å². The minimum absolute atomic E-state index is 0.0920. The number of aromatic nitrogens is 1. The second-order valence-corrected chi connectivity index (χ2v) is 5.64. The van der Waals surface area contributed by atoms with E-state index in [4.69, 9.17) is 5.73 Å². The lowest BCUT2D eigenvalue weighted by Crippen LogP contribution is -2.42. The van der Waals surface area contributed by atoms with Gasteiger partial charge in [0.15, 0.2) is 0 Å². The van der Waals surface area contributed by atoms with Crippen molar-refractivity contribution < 1.29 is 9.90 Å². The van der Waals surface area contributed by atoms with Crippen molar-refractivity contribution in [2.24, 2.45) is 0 Å². The zero-order valence-corrected chi connectivity index (χ0v) is 12.1. The molecule has 0 fully saturated rings. The van der Waals surface area contributed by atoms with E-state index >= 15 is 0 Å². The number of aromatic amines is 1. The number of rotatable bonds is 4. The molecule has 0 aliphatic carbocycles. The first-order valence-electron chi connectivity index (χ1n) is 6.70. The van der Waals surface area contributed by atoms with Gasteiger partial charge in [-0.1, -0.05) is 0 Å². The first kappa shape index (κ1) is 14.4. The van der Waals surface area contributed by atoms with Crippen LogP contribution in [0.3, 0.4) is 0 Å². The summed E-state index contributed by atoms with van der Waals surface area (Å²) in [7, 11) is 0. The van der Waals surface area contributed by atoms with Gasteiger partial charge in [-0.25, -0.2) is 0 Å². The molecule has 0 saturated carbocycles. The molecule has 1 amide bonds. The van der Waals surface area contributed by atoms with E-state index in [1.165, 1.54) is 0 Å². The Morgan fingerprint density at radius 1 is 1.45 bits per heavy atom. The van der Waals surface area contributed by atoms with Crippen molar-refractivity contribution in [3.05, 3.63) is 30.0 Å². The van der Waals surface area contributed by atoms with Crippen molar-refractivity contribution >= 4 is 22.5 Å². The Labute approximate surface area is 118 Å². The predicted octanol–water partition coefficient (Wildman–Crippen LogP) is 1.98. The minimum atomic E-state index is -0.914. The molecule has 2 rings (SSSR count). The summed E-state index contributed by atoms with van der Waals surface area (Å²) < 4.78 is 0. The van der Waals surface area contributed by atoms with Gasteiger partial charge in [-0.2, -0.15) is 0 Å². The normalized spacial score (nSPS) is 11.8. The van der Waals surface area contributed by atoms with E-state index in [2.05, 4.69) is 4.98 Å². The summed E-state index contributed by atoms with van der Waals surface area (Å²) in [5.74, 6) is -0.0920. The third kappa shape index (κ3) is 2.93. The molecule has 0 aliphatic rings. The van der Waals surface area contributed by atoms with Crippen LogP contribution in [-0.4, -0.2) is 39.6 Å². The number of nitrogens with zero attached hydrogens (tertiary/aromatic N) is 1. The molecule has 0 unspecified atom stereocenters. The van der Waals surface area contributed by atoms with E-state index in [1.54, 1.807) is 37.1 Å². The molecule has 0 atom stereocenters. The van der Waals surface area contributed by atoms with Gasteiger partial charge in [0.05, 0.1) is 11.2 Å². The second-order valence-electron chi connectivity index (χ2n) is 5.64. The van der Waals surface area contributed by atoms with Crippen LogP contribution in [0.15, 0.2) is 24.4 Å². The standard InChI is InChI=1S/C15H21N3O2/c1-4-18(9-15(2,3)20)14(19)12-8-17-13-7-10(16)5-6-11(12)13/h5-8,17,20H,4,9,16H2,1-3H3. The van der Waals surface area contributed by atoms with E-state index in [-0.39, 0.29) is 5.91 Å². The zero-order chi connectivity index (χ0) is 14.9. The lowest BCUT2D eigenvalue weighted by atomic mass is 10.1. The Morgan fingerprint density at radius 3 is 2.75 bits per heavy atom. The van der Waals surface area contributed by atoms with Crippen LogP contribution >= 0.6 is 0 Å². The first-order valence-corrected chi connectivity index (χ1v) is 6.70. The molecule has 0 radical (unpaired) electrons. The average molecular weight is 275 g/mol. The summed E-state index contributed by atoms with van der Waals surface area (Å²) in [5, 5.41) is 10.7. The molecule has 1 aromatic heterocycles. The highest BCUT2D eigenvalue weighted by molar-refractivity contribution is 6.07. The highest BCUT2D eigenvalue weighted by atomic mass is 16.3. The number of benzene rings is 1. The zero-order valence-electron chi connectivity index (χ0n) is 12.1. The molecule has 0 saturated heterocycles. The number of nitrogens with one attached hydrogen (secondary N) is 1. The Morgan fingerprint density at radius 2 is 2.15 bits per heavy atom. The smallest absolute Gasteiger partial charge is 0.256 e. The van der Waals surface area contributed by atoms with Gasteiger partial charge in [-0.15, -0.1) is 0 Å². The van der Waals surface area contributed by atoms with Crippen molar-refractivity contribution in [1.82, 2.24) is 9.88 Å². The van der Waals surface area contributed by atoms with Gasteiger partial charge in [0, 0.05) is 35.9 Å². The quantitative estimate of drug-likeness (QED) is 0.746. The molecule has 0 bridgehead atoms. The number of hydrogen-bond donors (Lipinski definition) is 3. The number of fused-ring (bicyclic) bond motifs is 1. The predicted molar refractivity (Wildman–Crippen MR) is 80.6 cm³/mol. The van der Waals surface area contributed by atoms with Gasteiger partial charge in [0.2, 0.25) is 0 Å². The fourth-order valence-corrected chi connectivity index (χ4v) is 2.29. The Hall–Kier alpha value is -2.01.